The standard InChI is InChI=1S/C17H23N3/c1-11-8-12(2)16(13(3)9-11)14-6-7-19-17(20(4)5)15(14)10-18/h6-9H,10,18H2,1-5H3. The molecule has 3 nitrogen and oxygen atoms in total. The molecule has 2 N–H and O–H groups in total. The molecule has 1 aromatic heterocycles. The third-order valence-corrected chi connectivity index (χ3v) is 3.61. The summed E-state index contributed by atoms with van der Waals surface area (Å²) in [5.74, 6) is 0.948. The smallest absolute Gasteiger partial charge is 0.133 e. The summed E-state index contributed by atoms with van der Waals surface area (Å²) in [6, 6.07) is 6.51. The van der Waals surface area contributed by atoms with Crippen molar-refractivity contribution in [3.8, 4) is 11.1 Å². The van der Waals surface area contributed by atoms with E-state index in [1.807, 2.05) is 25.2 Å². The van der Waals surface area contributed by atoms with Gasteiger partial charge in [0, 0.05) is 32.4 Å². The third-order valence-electron chi connectivity index (χ3n) is 3.61. The molecular formula is C17H23N3. The minimum Gasteiger partial charge on any atom is -0.362 e. The SMILES string of the molecule is Cc1cc(C)c(-c2ccnc(N(C)C)c2CN)c(C)c1. The van der Waals surface area contributed by atoms with Crippen LogP contribution in [-0.4, -0.2) is 19.1 Å². The van der Waals surface area contributed by atoms with Crippen molar-refractivity contribution in [3.63, 3.8) is 0 Å². The predicted molar refractivity (Wildman–Crippen MR) is 86.1 cm³/mol. The molecule has 0 fully saturated rings. The number of aryl methyl sites for hydroxylation is 3. The minimum absolute atomic E-state index is 0.490. The Labute approximate surface area is 121 Å². The molecule has 0 bridgehead atoms. The highest BCUT2D eigenvalue weighted by Crippen LogP contribution is 2.33. The van der Waals surface area contributed by atoms with Gasteiger partial charge in [0.25, 0.3) is 0 Å². The molecule has 0 spiro atoms. The molecule has 1 heterocycles. The zero-order valence-electron chi connectivity index (χ0n) is 13.0. The number of aromatic nitrogens is 1. The molecular weight excluding hydrogens is 246 g/mol. The molecule has 2 rings (SSSR count). The van der Waals surface area contributed by atoms with Crippen molar-refractivity contribution < 1.29 is 0 Å². The van der Waals surface area contributed by atoms with Crippen LogP contribution in [0.15, 0.2) is 24.4 Å². The van der Waals surface area contributed by atoms with Gasteiger partial charge in [-0.3, -0.25) is 0 Å². The second kappa shape index (κ2) is 5.63. The lowest BCUT2D eigenvalue weighted by Crippen LogP contribution is -2.16. The third kappa shape index (κ3) is 2.54. The zero-order valence-corrected chi connectivity index (χ0v) is 13.0. The molecule has 0 radical (unpaired) electrons. The summed E-state index contributed by atoms with van der Waals surface area (Å²) < 4.78 is 0. The Bertz CT molecular complexity index is 607. The number of nitrogens with zero attached hydrogens (tertiary/aromatic N) is 2. The van der Waals surface area contributed by atoms with Gasteiger partial charge < -0.3 is 10.6 Å². The van der Waals surface area contributed by atoms with E-state index in [-0.39, 0.29) is 0 Å². The Morgan fingerprint density at radius 1 is 1.10 bits per heavy atom. The van der Waals surface area contributed by atoms with Gasteiger partial charge in [0.05, 0.1) is 0 Å². The first-order chi connectivity index (χ1) is 9.45. The van der Waals surface area contributed by atoms with Gasteiger partial charge in [0.15, 0.2) is 0 Å². The minimum atomic E-state index is 0.490. The van der Waals surface area contributed by atoms with Gasteiger partial charge in [0.2, 0.25) is 0 Å². The van der Waals surface area contributed by atoms with Gasteiger partial charge in [0.1, 0.15) is 5.82 Å². The molecule has 0 unspecified atom stereocenters. The molecule has 3 heteroatoms. The predicted octanol–water partition coefficient (Wildman–Crippen LogP) is 3.20. The van der Waals surface area contributed by atoms with Crippen molar-refractivity contribution >= 4 is 5.82 Å². The van der Waals surface area contributed by atoms with Crippen molar-refractivity contribution in [1.29, 1.82) is 0 Å². The molecule has 0 atom stereocenters. The van der Waals surface area contributed by atoms with Gasteiger partial charge >= 0.3 is 0 Å². The van der Waals surface area contributed by atoms with Gasteiger partial charge in [-0.05, 0) is 49.1 Å². The van der Waals surface area contributed by atoms with E-state index in [0.717, 1.165) is 11.4 Å². The Morgan fingerprint density at radius 2 is 1.70 bits per heavy atom. The monoisotopic (exact) mass is 269 g/mol. The van der Waals surface area contributed by atoms with Crippen LogP contribution in [0.25, 0.3) is 11.1 Å². The molecule has 106 valence electrons. The van der Waals surface area contributed by atoms with E-state index in [2.05, 4.69) is 44.0 Å². The summed E-state index contributed by atoms with van der Waals surface area (Å²) >= 11 is 0. The van der Waals surface area contributed by atoms with E-state index in [0.29, 0.717) is 6.54 Å². The van der Waals surface area contributed by atoms with Crippen LogP contribution in [0.3, 0.4) is 0 Å². The van der Waals surface area contributed by atoms with Crippen LogP contribution in [0.4, 0.5) is 5.82 Å². The summed E-state index contributed by atoms with van der Waals surface area (Å²) in [6.45, 7) is 6.94. The van der Waals surface area contributed by atoms with Crippen molar-refractivity contribution in [3.05, 3.63) is 46.6 Å². The van der Waals surface area contributed by atoms with Crippen molar-refractivity contribution in [2.75, 3.05) is 19.0 Å². The van der Waals surface area contributed by atoms with Gasteiger partial charge in [-0.25, -0.2) is 4.98 Å². The number of pyridine rings is 1. The average Bonchev–Trinajstić information content (AvgIpc) is 2.37. The molecule has 0 saturated heterocycles. The first-order valence-corrected chi connectivity index (χ1v) is 6.89. The molecule has 0 aliphatic carbocycles. The Hall–Kier alpha value is -1.87. The first-order valence-electron chi connectivity index (χ1n) is 6.89. The Balaban J connectivity index is 2.73. The van der Waals surface area contributed by atoms with Gasteiger partial charge in [-0.1, -0.05) is 17.7 Å². The van der Waals surface area contributed by atoms with E-state index >= 15 is 0 Å². The van der Waals surface area contributed by atoms with Crippen molar-refractivity contribution in [2.24, 2.45) is 5.73 Å². The van der Waals surface area contributed by atoms with Crippen LogP contribution in [0.1, 0.15) is 22.3 Å². The van der Waals surface area contributed by atoms with Crippen LogP contribution >= 0.6 is 0 Å². The maximum atomic E-state index is 5.99. The summed E-state index contributed by atoms with van der Waals surface area (Å²) in [5, 5.41) is 0. The lowest BCUT2D eigenvalue weighted by atomic mass is 9.91. The number of anilines is 1. The Kier molecular flexibility index (Phi) is 4.09. The van der Waals surface area contributed by atoms with Crippen molar-refractivity contribution in [2.45, 2.75) is 27.3 Å². The fraction of sp³-hybridized carbons (Fsp3) is 0.353. The quantitative estimate of drug-likeness (QED) is 0.930. The highest BCUT2D eigenvalue weighted by molar-refractivity contribution is 5.77. The Morgan fingerprint density at radius 3 is 2.20 bits per heavy atom. The highest BCUT2D eigenvalue weighted by atomic mass is 15.1. The number of hydrogen-bond acceptors (Lipinski definition) is 3. The lowest BCUT2D eigenvalue weighted by molar-refractivity contribution is 0.987. The maximum Gasteiger partial charge on any atom is 0.133 e. The molecule has 0 amide bonds. The average molecular weight is 269 g/mol. The number of rotatable bonds is 3. The fourth-order valence-electron chi connectivity index (χ4n) is 2.91. The van der Waals surface area contributed by atoms with Gasteiger partial charge in [-0.15, -0.1) is 0 Å². The van der Waals surface area contributed by atoms with Crippen LogP contribution in [0.2, 0.25) is 0 Å². The van der Waals surface area contributed by atoms with E-state index < -0.39 is 0 Å². The summed E-state index contributed by atoms with van der Waals surface area (Å²) in [4.78, 5) is 6.48. The topological polar surface area (TPSA) is 42.2 Å². The molecule has 1 aromatic carbocycles. The van der Waals surface area contributed by atoms with Crippen LogP contribution in [-0.2, 0) is 6.54 Å². The molecule has 0 aliphatic rings. The van der Waals surface area contributed by atoms with Gasteiger partial charge in [-0.2, -0.15) is 0 Å². The summed E-state index contributed by atoms with van der Waals surface area (Å²) in [7, 11) is 4.00. The summed E-state index contributed by atoms with van der Waals surface area (Å²) in [5.41, 5.74) is 13.4. The van der Waals surface area contributed by atoms with Crippen molar-refractivity contribution in [1.82, 2.24) is 4.98 Å². The normalized spacial score (nSPS) is 10.7. The van der Waals surface area contributed by atoms with Crippen LogP contribution in [0.5, 0.6) is 0 Å². The molecule has 0 saturated carbocycles. The number of nitrogens with two attached hydrogens (primary N) is 1. The van der Waals surface area contributed by atoms with E-state index in [4.69, 9.17) is 5.73 Å². The highest BCUT2D eigenvalue weighted by Gasteiger charge is 2.15. The van der Waals surface area contributed by atoms with E-state index in [1.165, 1.54) is 27.8 Å². The molecule has 0 aliphatic heterocycles. The zero-order chi connectivity index (χ0) is 14.9. The largest absolute Gasteiger partial charge is 0.362 e. The van der Waals surface area contributed by atoms with Crippen LogP contribution in [0, 0.1) is 20.8 Å². The molecule has 2 aromatic rings. The number of hydrogen-bond donors (Lipinski definition) is 1. The van der Waals surface area contributed by atoms with Crippen LogP contribution < -0.4 is 10.6 Å². The fourth-order valence-corrected chi connectivity index (χ4v) is 2.91. The van der Waals surface area contributed by atoms with E-state index in [9.17, 15) is 0 Å². The van der Waals surface area contributed by atoms with E-state index in [1.54, 1.807) is 0 Å². The maximum absolute atomic E-state index is 5.99. The first kappa shape index (κ1) is 14.5. The second-order valence-corrected chi connectivity index (χ2v) is 5.53. The second-order valence-electron chi connectivity index (χ2n) is 5.53. The molecule has 20 heavy (non-hydrogen) atoms. The lowest BCUT2D eigenvalue weighted by Gasteiger charge is -2.20. The summed E-state index contributed by atoms with van der Waals surface area (Å²) in [6.07, 6.45) is 1.86. The number of benzene rings is 1.